The lowest BCUT2D eigenvalue weighted by Crippen LogP contribution is -2.55. The number of carboxylic acid groups (broad SMARTS) is 1. The summed E-state index contributed by atoms with van der Waals surface area (Å²) in [6.07, 6.45) is 4.34. The minimum Gasteiger partial charge on any atom is -0.480 e. The van der Waals surface area contributed by atoms with Crippen LogP contribution in [-0.2, 0) is 19.1 Å². The maximum Gasteiger partial charge on any atom is 0.328 e. The summed E-state index contributed by atoms with van der Waals surface area (Å²) in [5.74, 6) is -1.38. The van der Waals surface area contributed by atoms with E-state index in [0.717, 1.165) is 25.7 Å². The zero-order valence-electron chi connectivity index (χ0n) is 12.1. The molecule has 0 aromatic rings. The van der Waals surface area contributed by atoms with Gasteiger partial charge in [-0.1, -0.05) is 12.8 Å². The standard InChI is InChI=1S/C14H22N2O5/c17-12-5-3-1-2-4-6-15(12)9-13(18)16-7-8-21-10-11(16)14(19)20/h11H,1-10H2,(H,19,20). The molecule has 0 aromatic carbocycles. The van der Waals surface area contributed by atoms with Gasteiger partial charge in [0.15, 0.2) is 6.04 Å². The highest BCUT2D eigenvalue weighted by Crippen LogP contribution is 2.13. The van der Waals surface area contributed by atoms with Crippen molar-refractivity contribution in [1.82, 2.24) is 9.80 Å². The summed E-state index contributed by atoms with van der Waals surface area (Å²) in [6, 6.07) is -0.948. The Kier molecular flexibility index (Phi) is 5.55. The lowest BCUT2D eigenvalue weighted by Gasteiger charge is -2.34. The third-order valence-corrected chi connectivity index (χ3v) is 3.98. The van der Waals surface area contributed by atoms with E-state index in [0.29, 0.717) is 19.6 Å². The van der Waals surface area contributed by atoms with Crippen LogP contribution < -0.4 is 0 Å². The van der Waals surface area contributed by atoms with Gasteiger partial charge in [0.25, 0.3) is 0 Å². The fourth-order valence-electron chi connectivity index (χ4n) is 2.74. The molecular weight excluding hydrogens is 276 g/mol. The number of carbonyl (C=O) groups is 3. The minimum atomic E-state index is -1.07. The quantitative estimate of drug-likeness (QED) is 0.798. The van der Waals surface area contributed by atoms with Crippen molar-refractivity contribution in [2.24, 2.45) is 0 Å². The maximum absolute atomic E-state index is 12.3. The number of rotatable bonds is 3. The first-order chi connectivity index (χ1) is 10.1. The molecule has 0 aromatic heterocycles. The second kappa shape index (κ2) is 7.40. The Morgan fingerprint density at radius 1 is 1.19 bits per heavy atom. The van der Waals surface area contributed by atoms with Gasteiger partial charge in [0.05, 0.1) is 19.8 Å². The highest BCUT2D eigenvalue weighted by atomic mass is 16.5. The van der Waals surface area contributed by atoms with E-state index in [-0.39, 0.29) is 31.5 Å². The molecule has 0 bridgehead atoms. The second-order valence-electron chi connectivity index (χ2n) is 5.50. The normalized spacial score (nSPS) is 24.4. The fraction of sp³-hybridized carbons (Fsp3) is 0.786. The molecule has 2 heterocycles. The van der Waals surface area contributed by atoms with Crippen LogP contribution in [0.5, 0.6) is 0 Å². The molecule has 7 heteroatoms. The highest BCUT2D eigenvalue weighted by Gasteiger charge is 2.33. The van der Waals surface area contributed by atoms with Gasteiger partial charge in [-0.3, -0.25) is 9.59 Å². The molecule has 0 spiro atoms. The van der Waals surface area contributed by atoms with Gasteiger partial charge in [0, 0.05) is 19.5 Å². The molecular formula is C14H22N2O5. The summed E-state index contributed by atoms with van der Waals surface area (Å²) < 4.78 is 5.12. The molecule has 0 saturated carbocycles. The Labute approximate surface area is 123 Å². The van der Waals surface area contributed by atoms with Gasteiger partial charge in [0.1, 0.15) is 0 Å². The topological polar surface area (TPSA) is 87.2 Å². The predicted molar refractivity (Wildman–Crippen MR) is 73.6 cm³/mol. The molecule has 1 atom stereocenters. The first-order valence-electron chi connectivity index (χ1n) is 7.47. The van der Waals surface area contributed by atoms with Crippen molar-refractivity contribution in [3.8, 4) is 0 Å². The number of carbonyl (C=O) groups excluding carboxylic acids is 2. The van der Waals surface area contributed by atoms with E-state index in [1.165, 1.54) is 4.90 Å². The molecule has 0 radical (unpaired) electrons. The van der Waals surface area contributed by atoms with E-state index < -0.39 is 12.0 Å². The average molecular weight is 298 g/mol. The van der Waals surface area contributed by atoms with Gasteiger partial charge < -0.3 is 19.6 Å². The van der Waals surface area contributed by atoms with Gasteiger partial charge in [-0.05, 0) is 12.8 Å². The van der Waals surface area contributed by atoms with Crippen LogP contribution in [0.4, 0.5) is 0 Å². The predicted octanol–water partition coefficient (Wildman–Crippen LogP) is 0.0911. The molecule has 1 unspecified atom stereocenters. The maximum atomic E-state index is 12.3. The van der Waals surface area contributed by atoms with Crippen molar-refractivity contribution in [3.63, 3.8) is 0 Å². The summed E-state index contributed by atoms with van der Waals surface area (Å²) in [5, 5.41) is 9.14. The van der Waals surface area contributed by atoms with E-state index >= 15 is 0 Å². The summed E-state index contributed by atoms with van der Waals surface area (Å²) in [4.78, 5) is 38.4. The molecule has 2 aliphatic heterocycles. The van der Waals surface area contributed by atoms with Crippen LogP contribution in [-0.4, -0.2) is 71.6 Å². The number of likely N-dealkylation sites (tertiary alicyclic amines) is 1. The van der Waals surface area contributed by atoms with Crippen molar-refractivity contribution in [2.45, 2.75) is 38.1 Å². The Balaban J connectivity index is 1.97. The summed E-state index contributed by atoms with van der Waals surface area (Å²) in [6.45, 7) is 1.16. The molecule has 2 saturated heterocycles. The molecule has 2 rings (SSSR count). The molecule has 2 amide bonds. The Morgan fingerprint density at radius 2 is 1.95 bits per heavy atom. The SMILES string of the molecule is O=C(O)C1COCCN1C(=O)CN1CCCCCCC1=O. The van der Waals surface area contributed by atoms with Crippen LogP contribution in [0.15, 0.2) is 0 Å². The van der Waals surface area contributed by atoms with Crippen LogP contribution in [0, 0.1) is 0 Å². The molecule has 7 nitrogen and oxygen atoms in total. The number of aliphatic carboxylic acids is 1. The average Bonchev–Trinajstić information content (AvgIpc) is 2.46. The van der Waals surface area contributed by atoms with Crippen LogP contribution in [0.2, 0.25) is 0 Å². The number of nitrogens with zero attached hydrogens (tertiary/aromatic N) is 2. The molecule has 118 valence electrons. The van der Waals surface area contributed by atoms with E-state index in [1.54, 1.807) is 4.90 Å². The van der Waals surface area contributed by atoms with Gasteiger partial charge in [-0.15, -0.1) is 0 Å². The summed E-state index contributed by atoms with van der Waals surface area (Å²) >= 11 is 0. The van der Waals surface area contributed by atoms with Crippen molar-refractivity contribution in [1.29, 1.82) is 0 Å². The van der Waals surface area contributed by atoms with Crippen LogP contribution >= 0.6 is 0 Å². The fourth-order valence-corrected chi connectivity index (χ4v) is 2.74. The van der Waals surface area contributed by atoms with Crippen LogP contribution in [0.3, 0.4) is 0 Å². The smallest absolute Gasteiger partial charge is 0.328 e. The molecule has 2 fully saturated rings. The van der Waals surface area contributed by atoms with E-state index in [2.05, 4.69) is 0 Å². The van der Waals surface area contributed by atoms with Crippen molar-refractivity contribution in [2.75, 3.05) is 32.8 Å². The number of carboxylic acids is 1. The van der Waals surface area contributed by atoms with Crippen LogP contribution in [0.1, 0.15) is 32.1 Å². The Morgan fingerprint density at radius 3 is 2.71 bits per heavy atom. The first-order valence-corrected chi connectivity index (χ1v) is 7.47. The van der Waals surface area contributed by atoms with E-state index in [9.17, 15) is 14.4 Å². The monoisotopic (exact) mass is 298 g/mol. The van der Waals surface area contributed by atoms with E-state index in [1.807, 2.05) is 0 Å². The molecule has 1 N–H and O–H groups in total. The third kappa shape index (κ3) is 4.17. The lowest BCUT2D eigenvalue weighted by atomic mass is 10.1. The van der Waals surface area contributed by atoms with E-state index in [4.69, 9.17) is 9.84 Å². The number of amides is 2. The number of morpholine rings is 1. The number of hydrogen-bond acceptors (Lipinski definition) is 4. The Bertz CT molecular complexity index is 412. The van der Waals surface area contributed by atoms with Crippen molar-refractivity contribution >= 4 is 17.8 Å². The Hall–Kier alpha value is -1.63. The number of ether oxygens (including phenoxy) is 1. The molecule has 2 aliphatic rings. The largest absolute Gasteiger partial charge is 0.480 e. The van der Waals surface area contributed by atoms with Crippen LogP contribution in [0.25, 0.3) is 0 Å². The summed E-state index contributed by atoms with van der Waals surface area (Å²) in [7, 11) is 0. The van der Waals surface area contributed by atoms with Gasteiger partial charge >= 0.3 is 5.97 Å². The van der Waals surface area contributed by atoms with Gasteiger partial charge in [0.2, 0.25) is 11.8 Å². The lowest BCUT2D eigenvalue weighted by molar-refractivity contribution is -0.159. The third-order valence-electron chi connectivity index (χ3n) is 3.98. The van der Waals surface area contributed by atoms with Crippen molar-refractivity contribution in [3.05, 3.63) is 0 Å². The van der Waals surface area contributed by atoms with Gasteiger partial charge in [-0.2, -0.15) is 0 Å². The number of hydrogen-bond donors (Lipinski definition) is 1. The highest BCUT2D eigenvalue weighted by molar-refractivity contribution is 5.88. The zero-order chi connectivity index (χ0) is 15.2. The molecule has 21 heavy (non-hydrogen) atoms. The first kappa shape index (κ1) is 15.8. The molecule has 0 aliphatic carbocycles. The summed E-state index contributed by atoms with van der Waals surface area (Å²) in [5.41, 5.74) is 0. The zero-order valence-corrected chi connectivity index (χ0v) is 12.1. The van der Waals surface area contributed by atoms with Crippen molar-refractivity contribution < 1.29 is 24.2 Å². The second-order valence-corrected chi connectivity index (χ2v) is 5.50. The van der Waals surface area contributed by atoms with Gasteiger partial charge in [-0.25, -0.2) is 4.79 Å². The minimum absolute atomic E-state index is 0.00895.